The molecule has 1 fully saturated rings. The quantitative estimate of drug-likeness (QED) is 0.908. The van der Waals surface area contributed by atoms with Gasteiger partial charge in [0, 0.05) is 6.54 Å². The number of nitrogens with zero attached hydrogens (tertiary/aromatic N) is 1. The molecule has 2 aromatic carbocycles. The van der Waals surface area contributed by atoms with Crippen LogP contribution >= 0.6 is 0 Å². The second-order valence-electron chi connectivity index (χ2n) is 7.18. The van der Waals surface area contributed by atoms with Gasteiger partial charge in [0.2, 0.25) is 0 Å². The van der Waals surface area contributed by atoms with Gasteiger partial charge in [-0.05, 0) is 55.0 Å². The van der Waals surface area contributed by atoms with Crippen molar-refractivity contribution in [1.82, 2.24) is 5.32 Å². The minimum atomic E-state index is -0.242. The molecule has 0 aliphatic carbocycles. The molecule has 1 saturated heterocycles. The van der Waals surface area contributed by atoms with Gasteiger partial charge >= 0.3 is 6.09 Å². The first-order chi connectivity index (χ1) is 12.3. The number of fused-ring (bicyclic) bond motifs is 1. The average molecular weight is 336 g/mol. The van der Waals surface area contributed by atoms with E-state index in [0.717, 1.165) is 50.1 Å². The molecular formula is C21H24N2O2. The van der Waals surface area contributed by atoms with Crippen LogP contribution in [0, 0.1) is 5.41 Å². The Morgan fingerprint density at radius 1 is 1.04 bits per heavy atom. The summed E-state index contributed by atoms with van der Waals surface area (Å²) in [5, 5.41) is 3.44. The Morgan fingerprint density at radius 2 is 1.76 bits per heavy atom. The monoisotopic (exact) mass is 336 g/mol. The molecule has 130 valence electrons. The van der Waals surface area contributed by atoms with Gasteiger partial charge in [0.05, 0.1) is 5.69 Å². The van der Waals surface area contributed by atoms with Gasteiger partial charge in [0.1, 0.15) is 6.61 Å². The molecule has 25 heavy (non-hydrogen) atoms. The molecule has 0 atom stereocenters. The lowest BCUT2D eigenvalue weighted by molar-refractivity contribution is 0.134. The number of para-hydroxylation sites is 1. The van der Waals surface area contributed by atoms with E-state index in [1.165, 1.54) is 5.56 Å². The van der Waals surface area contributed by atoms with Crippen molar-refractivity contribution in [2.75, 3.05) is 24.5 Å². The highest BCUT2D eigenvalue weighted by atomic mass is 16.6. The first-order valence-corrected chi connectivity index (χ1v) is 9.03. The molecule has 2 aromatic rings. The van der Waals surface area contributed by atoms with Crippen LogP contribution in [0.3, 0.4) is 0 Å². The summed E-state index contributed by atoms with van der Waals surface area (Å²) < 4.78 is 5.63. The Morgan fingerprint density at radius 3 is 2.56 bits per heavy atom. The summed E-state index contributed by atoms with van der Waals surface area (Å²) in [6, 6.07) is 18.1. The molecule has 0 unspecified atom stereocenters. The molecular weight excluding hydrogens is 312 g/mol. The fourth-order valence-corrected chi connectivity index (χ4v) is 4.06. The molecule has 1 amide bonds. The molecule has 0 saturated carbocycles. The number of amides is 1. The minimum absolute atomic E-state index is 0.172. The molecule has 0 bridgehead atoms. The van der Waals surface area contributed by atoms with E-state index in [-0.39, 0.29) is 11.5 Å². The SMILES string of the molecule is O=C(OCc1ccccc1)N1CC2(CCNCC2)Cc2ccccc21. The zero-order valence-electron chi connectivity index (χ0n) is 14.4. The van der Waals surface area contributed by atoms with E-state index >= 15 is 0 Å². The van der Waals surface area contributed by atoms with Gasteiger partial charge in [-0.15, -0.1) is 0 Å². The Labute approximate surface area is 148 Å². The summed E-state index contributed by atoms with van der Waals surface area (Å²) >= 11 is 0. The maximum atomic E-state index is 12.8. The molecule has 1 N–H and O–H groups in total. The molecule has 4 rings (SSSR count). The van der Waals surface area contributed by atoms with Gasteiger partial charge in [-0.3, -0.25) is 4.90 Å². The van der Waals surface area contributed by atoms with Crippen molar-refractivity contribution in [3.05, 3.63) is 65.7 Å². The average Bonchev–Trinajstić information content (AvgIpc) is 2.67. The standard InChI is InChI=1S/C21H24N2O2/c24-20(25-15-17-6-2-1-3-7-17)23-16-21(10-12-22-13-11-21)14-18-8-4-5-9-19(18)23/h1-9,22H,10-16H2. The van der Waals surface area contributed by atoms with E-state index in [1.807, 2.05) is 47.4 Å². The Kier molecular flexibility index (Phi) is 4.45. The van der Waals surface area contributed by atoms with Crippen LogP contribution in [-0.4, -0.2) is 25.7 Å². The lowest BCUT2D eigenvalue weighted by atomic mass is 9.71. The molecule has 1 spiro atoms. The number of anilines is 1. The normalized spacial score (nSPS) is 18.6. The third-order valence-electron chi connectivity index (χ3n) is 5.43. The summed E-state index contributed by atoms with van der Waals surface area (Å²) in [5.74, 6) is 0. The van der Waals surface area contributed by atoms with Crippen LogP contribution in [0.1, 0.15) is 24.0 Å². The summed E-state index contributed by atoms with van der Waals surface area (Å²) in [5.41, 5.74) is 3.44. The third-order valence-corrected chi connectivity index (χ3v) is 5.43. The van der Waals surface area contributed by atoms with Crippen molar-refractivity contribution in [3.8, 4) is 0 Å². The van der Waals surface area contributed by atoms with E-state index in [0.29, 0.717) is 6.61 Å². The number of benzene rings is 2. The number of hydrogen-bond donors (Lipinski definition) is 1. The van der Waals surface area contributed by atoms with Crippen LogP contribution in [0.25, 0.3) is 0 Å². The maximum absolute atomic E-state index is 12.8. The maximum Gasteiger partial charge on any atom is 0.414 e. The van der Waals surface area contributed by atoms with Gasteiger partial charge in [-0.25, -0.2) is 4.79 Å². The van der Waals surface area contributed by atoms with Gasteiger partial charge in [0.15, 0.2) is 0 Å². The summed E-state index contributed by atoms with van der Waals surface area (Å²) in [6.45, 7) is 3.11. The number of piperidine rings is 1. The van der Waals surface area contributed by atoms with Crippen LogP contribution in [0.5, 0.6) is 0 Å². The summed E-state index contributed by atoms with van der Waals surface area (Å²) in [4.78, 5) is 14.7. The second-order valence-corrected chi connectivity index (χ2v) is 7.18. The van der Waals surface area contributed by atoms with Gasteiger partial charge in [0.25, 0.3) is 0 Å². The van der Waals surface area contributed by atoms with Crippen molar-refractivity contribution in [2.45, 2.75) is 25.9 Å². The van der Waals surface area contributed by atoms with Crippen LogP contribution in [0.2, 0.25) is 0 Å². The van der Waals surface area contributed by atoms with Gasteiger partial charge in [-0.1, -0.05) is 48.5 Å². The van der Waals surface area contributed by atoms with Crippen molar-refractivity contribution in [1.29, 1.82) is 0 Å². The first kappa shape index (κ1) is 16.2. The van der Waals surface area contributed by atoms with Crippen LogP contribution in [0.4, 0.5) is 10.5 Å². The smallest absolute Gasteiger partial charge is 0.414 e. The molecule has 0 radical (unpaired) electrons. The Balaban J connectivity index is 1.55. The number of nitrogens with one attached hydrogen (secondary N) is 1. The predicted molar refractivity (Wildman–Crippen MR) is 98.7 cm³/mol. The minimum Gasteiger partial charge on any atom is -0.444 e. The molecule has 4 nitrogen and oxygen atoms in total. The molecule has 0 aromatic heterocycles. The largest absolute Gasteiger partial charge is 0.444 e. The highest BCUT2D eigenvalue weighted by Crippen LogP contribution is 2.42. The summed E-state index contributed by atoms with van der Waals surface area (Å²) in [6.07, 6.45) is 3.01. The Hall–Kier alpha value is -2.33. The van der Waals surface area contributed by atoms with Crippen molar-refractivity contribution in [2.24, 2.45) is 5.41 Å². The van der Waals surface area contributed by atoms with Crippen LogP contribution in [0.15, 0.2) is 54.6 Å². The van der Waals surface area contributed by atoms with E-state index in [4.69, 9.17) is 4.74 Å². The lowest BCUT2D eigenvalue weighted by Crippen LogP contribution is -2.51. The molecule has 2 aliphatic rings. The van der Waals surface area contributed by atoms with Gasteiger partial charge < -0.3 is 10.1 Å². The third kappa shape index (κ3) is 3.40. The van der Waals surface area contributed by atoms with Crippen LogP contribution in [-0.2, 0) is 17.8 Å². The Bertz CT molecular complexity index is 739. The highest BCUT2D eigenvalue weighted by molar-refractivity contribution is 5.89. The predicted octanol–water partition coefficient (Wildman–Crippen LogP) is 3.76. The van der Waals surface area contributed by atoms with E-state index in [2.05, 4.69) is 17.4 Å². The van der Waals surface area contributed by atoms with Crippen LogP contribution < -0.4 is 10.2 Å². The summed E-state index contributed by atoms with van der Waals surface area (Å²) in [7, 11) is 0. The van der Waals surface area contributed by atoms with E-state index in [9.17, 15) is 4.79 Å². The molecule has 2 aliphatic heterocycles. The van der Waals surface area contributed by atoms with Gasteiger partial charge in [-0.2, -0.15) is 0 Å². The van der Waals surface area contributed by atoms with Crippen molar-refractivity contribution >= 4 is 11.8 Å². The van der Waals surface area contributed by atoms with Crippen molar-refractivity contribution < 1.29 is 9.53 Å². The fraction of sp³-hybridized carbons (Fsp3) is 0.381. The highest BCUT2D eigenvalue weighted by Gasteiger charge is 2.41. The van der Waals surface area contributed by atoms with Crippen molar-refractivity contribution in [3.63, 3.8) is 0 Å². The number of carbonyl (C=O) groups is 1. The molecule has 4 heteroatoms. The zero-order chi connectivity index (χ0) is 17.1. The van der Waals surface area contributed by atoms with E-state index < -0.39 is 0 Å². The number of carbonyl (C=O) groups excluding carboxylic acids is 1. The second kappa shape index (κ2) is 6.89. The fourth-order valence-electron chi connectivity index (χ4n) is 4.06. The number of rotatable bonds is 2. The zero-order valence-corrected chi connectivity index (χ0v) is 14.4. The number of ether oxygens (including phenoxy) is 1. The first-order valence-electron chi connectivity index (χ1n) is 9.03. The molecule has 2 heterocycles. The topological polar surface area (TPSA) is 41.6 Å². The number of hydrogen-bond acceptors (Lipinski definition) is 3. The lowest BCUT2D eigenvalue weighted by Gasteiger charge is -2.45. The van der Waals surface area contributed by atoms with E-state index in [1.54, 1.807) is 0 Å².